The number of rotatable bonds is 3. The Morgan fingerprint density at radius 2 is 2.12 bits per heavy atom. The normalized spacial score (nSPS) is 25.2. The van der Waals surface area contributed by atoms with Crippen LogP contribution in [0.2, 0.25) is 0 Å². The summed E-state index contributed by atoms with van der Waals surface area (Å²) in [5.74, 6) is -0.181. The molecule has 4 nitrogen and oxygen atoms in total. The molecule has 0 bridgehead atoms. The predicted octanol–water partition coefficient (Wildman–Crippen LogP) is 0.515. The van der Waals surface area contributed by atoms with Gasteiger partial charge in [-0.3, -0.25) is 0 Å². The second kappa shape index (κ2) is 4.08. The average Bonchev–Trinajstić information content (AvgIpc) is 2.62. The van der Waals surface area contributed by atoms with Gasteiger partial charge >= 0.3 is 0 Å². The van der Waals surface area contributed by atoms with Gasteiger partial charge in [0, 0.05) is 17.9 Å². The van der Waals surface area contributed by atoms with E-state index in [9.17, 15) is 13.5 Å². The van der Waals surface area contributed by atoms with E-state index in [0.29, 0.717) is 4.90 Å². The first-order chi connectivity index (χ1) is 7.94. The molecule has 17 heavy (non-hydrogen) atoms. The van der Waals surface area contributed by atoms with Gasteiger partial charge < -0.3 is 10.8 Å². The van der Waals surface area contributed by atoms with Crippen molar-refractivity contribution in [3.8, 4) is 0 Å². The van der Waals surface area contributed by atoms with Crippen molar-refractivity contribution >= 4 is 9.84 Å². The van der Waals surface area contributed by atoms with Crippen LogP contribution >= 0.6 is 0 Å². The van der Waals surface area contributed by atoms with Crippen LogP contribution in [0.25, 0.3) is 0 Å². The summed E-state index contributed by atoms with van der Waals surface area (Å²) in [6.45, 7) is 1.98. The molecule has 5 heteroatoms. The Morgan fingerprint density at radius 1 is 1.47 bits per heavy atom. The van der Waals surface area contributed by atoms with E-state index in [1.807, 2.05) is 19.1 Å². The highest BCUT2D eigenvalue weighted by atomic mass is 32.2. The summed E-state index contributed by atoms with van der Waals surface area (Å²) in [7, 11) is -3.22. The lowest BCUT2D eigenvalue weighted by Crippen LogP contribution is -2.38. The van der Waals surface area contributed by atoms with Gasteiger partial charge in [0.25, 0.3) is 0 Å². The fourth-order valence-electron chi connectivity index (χ4n) is 2.34. The highest BCUT2D eigenvalue weighted by Crippen LogP contribution is 2.44. The van der Waals surface area contributed by atoms with Crippen LogP contribution in [0, 0.1) is 5.41 Å². The third-order valence-corrected chi connectivity index (χ3v) is 5.50. The van der Waals surface area contributed by atoms with E-state index < -0.39 is 15.3 Å². The number of hydrogen-bond donors (Lipinski definition) is 2. The molecule has 0 radical (unpaired) electrons. The fraction of sp³-hybridized carbons (Fsp3) is 0.500. The number of aliphatic hydroxyl groups is 1. The lowest BCUT2D eigenvalue weighted by molar-refractivity contribution is 0.127. The molecule has 3 N–H and O–H groups in total. The van der Waals surface area contributed by atoms with Crippen molar-refractivity contribution in [2.45, 2.75) is 17.7 Å². The third kappa shape index (κ3) is 1.88. The number of hydrogen-bond acceptors (Lipinski definition) is 4. The van der Waals surface area contributed by atoms with E-state index in [0.717, 1.165) is 5.56 Å². The molecule has 0 aromatic heterocycles. The Kier molecular flexibility index (Phi) is 3.01. The summed E-state index contributed by atoms with van der Waals surface area (Å²) in [5.41, 5.74) is 5.89. The monoisotopic (exact) mass is 255 g/mol. The average molecular weight is 255 g/mol. The zero-order chi connectivity index (χ0) is 12.7. The van der Waals surface area contributed by atoms with Crippen molar-refractivity contribution in [1.82, 2.24) is 0 Å². The van der Waals surface area contributed by atoms with Gasteiger partial charge in [-0.15, -0.1) is 0 Å². The van der Waals surface area contributed by atoms with E-state index >= 15 is 0 Å². The minimum atomic E-state index is -3.22. The minimum absolute atomic E-state index is 0.0423. The molecule has 2 unspecified atom stereocenters. The Labute approximate surface area is 101 Å². The van der Waals surface area contributed by atoms with Gasteiger partial charge in [0.1, 0.15) is 0 Å². The van der Waals surface area contributed by atoms with Crippen LogP contribution in [-0.4, -0.2) is 32.4 Å². The Bertz CT molecular complexity index is 520. The number of nitrogens with two attached hydrogens (primary N) is 1. The summed E-state index contributed by atoms with van der Waals surface area (Å²) in [6, 6.07) is 6.98. The Balaban J connectivity index is 2.56. The van der Waals surface area contributed by atoms with E-state index in [4.69, 9.17) is 5.73 Å². The highest BCUT2D eigenvalue weighted by Gasteiger charge is 2.44. The number of aliphatic hydroxyl groups excluding tert-OH is 1. The molecule has 94 valence electrons. The maximum absolute atomic E-state index is 12.0. The predicted molar refractivity (Wildman–Crippen MR) is 65.5 cm³/mol. The van der Waals surface area contributed by atoms with Gasteiger partial charge in [-0.2, -0.15) is 0 Å². The van der Waals surface area contributed by atoms with Crippen LogP contribution in [0.1, 0.15) is 18.4 Å². The first kappa shape index (κ1) is 12.5. The van der Waals surface area contributed by atoms with Crippen molar-refractivity contribution < 1.29 is 13.5 Å². The van der Waals surface area contributed by atoms with Crippen molar-refractivity contribution in [1.29, 1.82) is 0 Å². The third-order valence-electron chi connectivity index (χ3n) is 3.68. The number of benzene rings is 1. The SMILES string of the molecule is CC(CN)(CO)C1CS(=O)(=O)c2ccccc21. The van der Waals surface area contributed by atoms with E-state index in [2.05, 4.69) is 0 Å². The molecule has 0 fully saturated rings. The lowest BCUT2D eigenvalue weighted by Gasteiger charge is -2.32. The van der Waals surface area contributed by atoms with Crippen LogP contribution in [0.15, 0.2) is 29.2 Å². The topological polar surface area (TPSA) is 80.4 Å². The van der Waals surface area contributed by atoms with E-state index in [1.54, 1.807) is 12.1 Å². The van der Waals surface area contributed by atoms with Crippen LogP contribution in [0.5, 0.6) is 0 Å². The molecule has 1 aliphatic heterocycles. The molecule has 0 spiro atoms. The van der Waals surface area contributed by atoms with Crippen molar-refractivity contribution in [3.63, 3.8) is 0 Å². The van der Waals surface area contributed by atoms with E-state index in [-0.39, 0.29) is 24.8 Å². The maximum Gasteiger partial charge on any atom is 0.179 e. The molecule has 1 heterocycles. The van der Waals surface area contributed by atoms with Gasteiger partial charge in [0.05, 0.1) is 17.3 Å². The molecule has 0 saturated carbocycles. The van der Waals surface area contributed by atoms with Gasteiger partial charge in [-0.1, -0.05) is 25.1 Å². The fourth-order valence-corrected chi connectivity index (χ4v) is 4.40. The first-order valence-corrected chi connectivity index (χ1v) is 7.22. The standard InChI is InChI=1S/C12H17NO3S/c1-12(7-13,8-14)10-6-17(15,16)11-5-3-2-4-9(10)11/h2-5,10,14H,6-8,13H2,1H3. The molecular formula is C12H17NO3S. The largest absolute Gasteiger partial charge is 0.396 e. The smallest absolute Gasteiger partial charge is 0.179 e. The Hall–Kier alpha value is -0.910. The van der Waals surface area contributed by atoms with E-state index in [1.165, 1.54) is 0 Å². The Morgan fingerprint density at radius 3 is 2.71 bits per heavy atom. The summed E-state index contributed by atoms with van der Waals surface area (Å²) in [6.07, 6.45) is 0. The molecule has 2 rings (SSSR count). The number of fused-ring (bicyclic) bond motifs is 1. The first-order valence-electron chi connectivity index (χ1n) is 5.57. The van der Waals surface area contributed by atoms with Gasteiger partial charge in [0.2, 0.25) is 0 Å². The summed E-state index contributed by atoms with van der Waals surface area (Å²) in [4.78, 5) is 0.387. The van der Waals surface area contributed by atoms with Crippen molar-refractivity contribution in [2.75, 3.05) is 18.9 Å². The molecule has 0 saturated heterocycles. The number of sulfone groups is 1. The molecule has 0 aliphatic carbocycles. The molecule has 2 atom stereocenters. The molecule has 0 amide bonds. The lowest BCUT2D eigenvalue weighted by atomic mass is 9.75. The molecule has 1 aromatic carbocycles. The van der Waals surface area contributed by atoms with Gasteiger partial charge in [-0.25, -0.2) is 8.42 Å². The maximum atomic E-state index is 12.0. The minimum Gasteiger partial charge on any atom is -0.396 e. The van der Waals surface area contributed by atoms with Gasteiger partial charge in [-0.05, 0) is 11.6 Å². The highest BCUT2D eigenvalue weighted by molar-refractivity contribution is 7.91. The van der Waals surface area contributed by atoms with Crippen LogP contribution < -0.4 is 5.73 Å². The summed E-state index contributed by atoms with van der Waals surface area (Å²) >= 11 is 0. The molecule has 1 aliphatic rings. The van der Waals surface area contributed by atoms with Crippen molar-refractivity contribution in [2.24, 2.45) is 11.1 Å². The zero-order valence-corrected chi connectivity index (χ0v) is 10.6. The van der Waals surface area contributed by atoms with Crippen LogP contribution in [-0.2, 0) is 9.84 Å². The van der Waals surface area contributed by atoms with Crippen LogP contribution in [0.3, 0.4) is 0 Å². The zero-order valence-electron chi connectivity index (χ0n) is 9.76. The summed E-state index contributed by atoms with van der Waals surface area (Å²) < 4.78 is 24.0. The van der Waals surface area contributed by atoms with Crippen molar-refractivity contribution in [3.05, 3.63) is 29.8 Å². The van der Waals surface area contributed by atoms with Gasteiger partial charge in [0.15, 0.2) is 9.84 Å². The quantitative estimate of drug-likeness (QED) is 0.825. The molecule has 1 aromatic rings. The second-order valence-electron chi connectivity index (χ2n) is 4.89. The van der Waals surface area contributed by atoms with Crippen LogP contribution in [0.4, 0.5) is 0 Å². The second-order valence-corrected chi connectivity index (χ2v) is 6.89. The molecular weight excluding hydrogens is 238 g/mol. The summed E-state index contributed by atoms with van der Waals surface area (Å²) in [5, 5.41) is 9.47.